The molecule has 0 fully saturated rings. The summed E-state index contributed by atoms with van der Waals surface area (Å²) in [4.78, 5) is 10.5. The summed E-state index contributed by atoms with van der Waals surface area (Å²) in [5.41, 5.74) is 0. The van der Waals surface area contributed by atoms with Crippen LogP contribution in [-0.2, 0) is 4.79 Å². The predicted octanol–water partition coefficient (Wildman–Crippen LogP) is 3.70. The van der Waals surface area contributed by atoms with Crippen molar-refractivity contribution in [2.45, 2.75) is 59.3 Å². The van der Waals surface area contributed by atoms with Gasteiger partial charge < -0.3 is 5.11 Å². The molecule has 1 N–H and O–H groups in total. The maximum absolute atomic E-state index is 10.5. The minimum Gasteiger partial charge on any atom is -0.481 e. The predicted molar refractivity (Wildman–Crippen MR) is 59.3 cm³/mol. The van der Waals surface area contributed by atoms with Crippen molar-refractivity contribution in [3.63, 3.8) is 0 Å². The van der Waals surface area contributed by atoms with Crippen molar-refractivity contribution in [3.05, 3.63) is 0 Å². The van der Waals surface area contributed by atoms with Gasteiger partial charge in [-0.25, -0.2) is 0 Å². The Morgan fingerprint density at radius 3 is 2.21 bits per heavy atom. The summed E-state index contributed by atoms with van der Waals surface area (Å²) < 4.78 is 0. The standard InChI is InChI=1S/C12H24O2/c1-4-10(2)8-6-5-7-9-11(3)12(13)14/h10-11H,4-9H2,1-3H3,(H,13,14)/t10-,11+/m0/s1. The third-order valence-electron chi connectivity index (χ3n) is 2.95. The summed E-state index contributed by atoms with van der Waals surface area (Å²) >= 11 is 0. The zero-order valence-electron chi connectivity index (χ0n) is 9.75. The fourth-order valence-electron chi connectivity index (χ4n) is 1.45. The van der Waals surface area contributed by atoms with Crippen LogP contribution in [-0.4, -0.2) is 11.1 Å². The van der Waals surface area contributed by atoms with E-state index in [1.807, 2.05) is 0 Å². The van der Waals surface area contributed by atoms with Crippen molar-refractivity contribution in [1.82, 2.24) is 0 Å². The molecule has 0 aliphatic heterocycles. The second kappa shape index (κ2) is 7.84. The van der Waals surface area contributed by atoms with E-state index in [-0.39, 0.29) is 5.92 Å². The van der Waals surface area contributed by atoms with Crippen molar-refractivity contribution >= 4 is 5.97 Å². The first kappa shape index (κ1) is 13.5. The lowest BCUT2D eigenvalue weighted by molar-refractivity contribution is -0.141. The Kier molecular flexibility index (Phi) is 7.54. The Hall–Kier alpha value is -0.530. The Morgan fingerprint density at radius 1 is 1.14 bits per heavy atom. The van der Waals surface area contributed by atoms with Crippen LogP contribution in [0.4, 0.5) is 0 Å². The van der Waals surface area contributed by atoms with Crippen molar-refractivity contribution in [3.8, 4) is 0 Å². The highest BCUT2D eigenvalue weighted by atomic mass is 16.4. The molecule has 2 nitrogen and oxygen atoms in total. The van der Waals surface area contributed by atoms with E-state index in [0.29, 0.717) is 0 Å². The number of rotatable bonds is 8. The minimum atomic E-state index is -0.660. The van der Waals surface area contributed by atoms with Crippen LogP contribution in [0.1, 0.15) is 59.3 Å². The van der Waals surface area contributed by atoms with E-state index in [2.05, 4.69) is 13.8 Å². The quantitative estimate of drug-likeness (QED) is 0.606. The van der Waals surface area contributed by atoms with Crippen molar-refractivity contribution in [2.75, 3.05) is 0 Å². The van der Waals surface area contributed by atoms with Crippen LogP contribution in [0.15, 0.2) is 0 Å². The fraction of sp³-hybridized carbons (Fsp3) is 0.917. The normalized spacial score (nSPS) is 15.1. The van der Waals surface area contributed by atoms with E-state index >= 15 is 0 Å². The van der Waals surface area contributed by atoms with Crippen molar-refractivity contribution < 1.29 is 9.90 Å². The molecule has 0 heterocycles. The Balaban J connectivity index is 3.25. The lowest BCUT2D eigenvalue weighted by atomic mass is 9.98. The van der Waals surface area contributed by atoms with E-state index in [1.165, 1.54) is 25.7 Å². The molecule has 2 heteroatoms. The summed E-state index contributed by atoms with van der Waals surface area (Å²) in [7, 11) is 0. The molecule has 0 radical (unpaired) electrons. The zero-order chi connectivity index (χ0) is 11.0. The molecule has 0 aliphatic rings. The van der Waals surface area contributed by atoms with E-state index in [9.17, 15) is 4.79 Å². The van der Waals surface area contributed by atoms with Crippen LogP contribution in [0.5, 0.6) is 0 Å². The van der Waals surface area contributed by atoms with Gasteiger partial charge in [-0.1, -0.05) is 52.9 Å². The lowest BCUT2D eigenvalue weighted by Gasteiger charge is -2.08. The molecule has 0 saturated carbocycles. The third kappa shape index (κ3) is 6.93. The van der Waals surface area contributed by atoms with Gasteiger partial charge in [-0.2, -0.15) is 0 Å². The van der Waals surface area contributed by atoms with Crippen LogP contribution in [0, 0.1) is 11.8 Å². The van der Waals surface area contributed by atoms with E-state index in [4.69, 9.17) is 5.11 Å². The van der Waals surface area contributed by atoms with Gasteiger partial charge in [-0.15, -0.1) is 0 Å². The molecule has 0 spiro atoms. The van der Waals surface area contributed by atoms with Gasteiger partial charge in [0.25, 0.3) is 0 Å². The number of carboxylic acid groups (broad SMARTS) is 1. The van der Waals surface area contributed by atoms with Crippen LogP contribution < -0.4 is 0 Å². The van der Waals surface area contributed by atoms with Crippen LogP contribution in [0.2, 0.25) is 0 Å². The van der Waals surface area contributed by atoms with Crippen LogP contribution in [0.3, 0.4) is 0 Å². The largest absolute Gasteiger partial charge is 0.481 e. The van der Waals surface area contributed by atoms with Crippen LogP contribution >= 0.6 is 0 Å². The molecule has 84 valence electrons. The van der Waals surface area contributed by atoms with Gasteiger partial charge in [0, 0.05) is 0 Å². The summed E-state index contributed by atoms with van der Waals surface area (Å²) in [5.74, 6) is -0.00239. The molecule has 0 aliphatic carbocycles. The first-order valence-corrected chi connectivity index (χ1v) is 5.80. The smallest absolute Gasteiger partial charge is 0.306 e. The molecule has 14 heavy (non-hydrogen) atoms. The summed E-state index contributed by atoms with van der Waals surface area (Å²) in [5, 5.41) is 8.66. The van der Waals surface area contributed by atoms with Crippen molar-refractivity contribution in [1.29, 1.82) is 0 Å². The summed E-state index contributed by atoms with van der Waals surface area (Å²) in [6, 6.07) is 0. The Morgan fingerprint density at radius 2 is 1.71 bits per heavy atom. The van der Waals surface area contributed by atoms with Gasteiger partial charge in [-0.05, 0) is 12.3 Å². The Labute approximate surface area is 87.7 Å². The van der Waals surface area contributed by atoms with Gasteiger partial charge in [0.1, 0.15) is 0 Å². The number of carboxylic acids is 1. The molecule has 0 saturated heterocycles. The summed E-state index contributed by atoms with van der Waals surface area (Å²) in [6.07, 6.45) is 6.87. The highest BCUT2D eigenvalue weighted by Gasteiger charge is 2.09. The van der Waals surface area contributed by atoms with Gasteiger partial charge in [0.05, 0.1) is 5.92 Å². The third-order valence-corrected chi connectivity index (χ3v) is 2.95. The minimum absolute atomic E-state index is 0.168. The molecule has 0 amide bonds. The first-order valence-electron chi connectivity index (χ1n) is 5.80. The highest BCUT2D eigenvalue weighted by Crippen LogP contribution is 2.15. The van der Waals surface area contributed by atoms with Gasteiger partial charge in [-0.3, -0.25) is 4.79 Å². The molecule has 0 aromatic rings. The van der Waals surface area contributed by atoms with E-state index in [1.54, 1.807) is 6.92 Å². The molecule has 0 aromatic carbocycles. The zero-order valence-corrected chi connectivity index (χ0v) is 9.75. The van der Waals surface area contributed by atoms with E-state index in [0.717, 1.165) is 18.8 Å². The number of hydrogen-bond donors (Lipinski definition) is 1. The van der Waals surface area contributed by atoms with Gasteiger partial charge in [0.15, 0.2) is 0 Å². The Bertz CT molecular complexity index is 154. The molecule has 2 atom stereocenters. The molecule has 0 aromatic heterocycles. The maximum atomic E-state index is 10.5. The monoisotopic (exact) mass is 200 g/mol. The maximum Gasteiger partial charge on any atom is 0.306 e. The van der Waals surface area contributed by atoms with Crippen molar-refractivity contribution in [2.24, 2.45) is 11.8 Å². The van der Waals surface area contributed by atoms with Gasteiger partial charge in [0.2, 0.25) is 0 Å². The number of unbranched alkanes of at least 4 members (excludes halogenated alkanes) is 2. The topological polar surface area (TPSA) is 37.3 Å². The average Bonchev–Trinajstić information content (AvgIpc) is 2.16. The fourth-order valence-corrected chi connectivity index (χ4v) is 1.45. The average molecular weight is 200 g/mol. The number of carbonyl (C=O) groups is 1. The number of aliphatic carboxylic acids is 1. The molecule has 0 unspecified atom stereocenters. The summed E-state index contributed by atoms with van der Waals surface area (Å²) in [6.45, 7) is 6.29. The SMILES string of the molecule is CC[C@H](C)CCCCC[C@@H](C)C(=O)O. The lowest BCUT2D eigenvalue weighted by Crippen LogP contribution is -2.08. The molecule has 0 bridgehead atoms. The second-order valence-electron chi connectivity index (χ2n) is 4.39. The van der Waals surface area contributed by atoms with Crippen LogP contribution in [0.25, 0.3) is 0 Å². The van der Waals surface area contributed by atoms with E-state index < -0.39 is 5.97 Å². The van der Waals surface area contributed by atoms with Gasteiger partial charge >= 0.3 is 5.97 Å². The number of hydrogen-bond acceptors (Lipinski definition) is 1. The molecule has 0 rings (SSSR count). The molecular weight excluding hydrogens is 176 g/mol. The molecular formula is C12H24O2. The first-order chi connectivity index (χ1) is 6.57. The highest BCUT2D eigenvalue weighted by molar-refractivity contribution is 5.69. The second-order valence-corrected chi connectivity index (χ2v) is 4.39.